The molecule has 0 amide bonds. The van der Waals surface area contributed by atoms with E-state index >= 15 is 0 Å². The maximum Gasteiger partial charge on any atom is 0.313 e. The maximum absolute atomic E-state index is 13.5. The Morgan fingerprint density at radius 3 is 1.97 bits per heavy atom. The van der Waals surface area contributed by atoms with Crippen LogP contribution in [0.4, 0.5) is 27.6 Å². The molecule has 3 rings (SSSR count). The summed E-state index contributed by atoms with van der Waals surface area (Å²) in [4.78, 5) is 26.1. The molecular formula is C38H52F5N5O12S. The van der Waals surface area contributed by atoms with Crippen LogP contribution in [0.3, 0.4) is 0 Å². The number of hydrogen-bond acceptors (Lipinski definition) is 15. The number of aliphatic hydroxyl groups excluding tert-OH is 2. The Morgan fingerprint density at radius 1 is 0.820 bits per heavy atom. The first-order chi connectivity index (χ1) is 29.2. The number of rotatable bonds is 26. The minimum Gasteiger partial charge on any atom is -0.508 e. The number of anilines is 1. The third-order valence-electron chi connectivity index (χ3n) is 8.12. The normalized spacial score (nSPS) is 16.5. The number of nitrogens with zero attached hydrogens (tertiary/aromatic N) is 2. The number of halogens is 5. The molecule has 17 nitrogen and oxygen atoms in total. The second kappa shape index (κ2) is 30.4. The summed E-state index contributed by atoms with van der Waals surface area (Å²) < 4.78 is 97.1. The van der Waals surface area contributed by atoms with Crippen molar-refractivity contribution in [3.05, 3.63) is 53.4 Å². The van der Waals surface area contributed by atoms with Gasteiger partial charge in [0, 0.05) is 31.3 Å². The number of aliphatic carboxylic acids is 1. The van der Waals surface area contributed by atoms with Gasteiger partial charge in [-0.25, -0.2) is 13.2 Å². The van der Waals surface area contributed by atoms with Crippen molar-refractivity contribution in [2.75, 3.05) is 77.9 Å². The fourth-order valence-electron chi connectivity index (χ4n) is 4.89. The van der Waals surface area contributed by atoms with Gasteiger partial charge in [-0.2, -0.15) is 13.9 Å². The molecule has 0 bridgehead atoms. The zero-order valence-electron chi connectivity index (χ0n) is 33.2. The molecule has 0 spiro atoms. The number of unbranched alkanes of at least 4 members (excludes halogenated alkanes) is 1. The van der Waals surface area contributed by atoms with Crippen molar-refractivity contribution in [3.63, 3.8) is 0 Å². The van der Waals surface area contributed by atoms with Crippen LogP contribution in [0.5, 0.6) is 11.5 Å². The van der Waals surface area contributed by atoms with E-state index in [1.165, 1.54) is 0 Å². The molecule has 23 heteroatoms. The lowest BCUT2D eigenvalue weighted by Gasteiger charge is -2.30. The number of nitrogens with two attached hydrogens (primary N) is 1. The molecule has 3 atom stereocenters. The SMILES string of the molecule is N/N=C(\C=NCCOCCOCCOCCOCCC(=O)Oc1c(F)c(F)c(F)c(F)c1F)CCCCNC(=S)Nc1ccc(O)cc1.O=C(O)CCC1CC(O)C(O)CO1. The van der Waals surface area contributed by atoms with Crippen LogP contribution in [0.15, 0.2) is 34.4 Å². The van der Waals surface area contributed by atoms with Crippen LogP contribution < -0.4 is 21.2 Å². The van der Waals surface area contributed by atoms with E-state index in [2.05, 4.69) is 25.5 Å². The van der Waals surface area contributed by atoms with Crippen LogP contribution in [0, 0.1) is 29.1 Å². The highest BCUT2D eigenvalue weighted by atomic mass is 32.1. The number of aliphatic imine (C=N–C) groups is 1. The minimum atomic E-state index is -2.35. The van der Waals surface area contributed by atoms with Crippen molar-refractivity contribution in [1.29, 1.82) is 0 Å². The van der Waals surface area contributed by atoms with Gasteiger partial charge < -0.3 is 65.3 Å². The molecule has 1 aliphatic rings. The van der Waals surface area contributed by atoms with E-state index in [1.807, 2.05) is 0 Å². The van der Waals surface area contributed by atoms with E-state index in [9.17, 15) is 41.8 Å². The number of carboxylic acids is 1. The Kier molecular flexibility index (Phi) is 26.2. The Bertz CT molecular complexity index is 1670. The summed E-state index contributed by atoms with van der Waals surface area (Å²) in [6.45, 7) is 2.82. The molecular weight excluding hydrogens is 845 g/mol. The zero-order valence-corrected chi connectivity index (χ0v) is 34.0. The van der Waals surface area contributed by atoms with Gasteiger partial charge in [0.25, 0.3) is 0 Å². The maximum atomic E-state index is 13.5. The fraction of sp³-hybridized carbons (Fsp3) is 0.553. The molecule has 0 aliphatic carbocycles. The molecule has 1 fully saturated rings. The minimum absolute atomic E-state index is 0.0352. The first kappa shape index (κ1) is 52.5. The summed E-state index contributed by atoms with van der Waals surface area (Å²) in [5, 5.41) is 46.4. The van der Waals surface area contributed by atoms with Gasteiger partial charge in [0.2, 0.25) is 34.8 Å². The second-order valence-electron chi connectivity index (χ2n) is 12.9. The van der Waals surface area contributed by atoms with Crippen molar-refractivity contribution in [2.45, 2.75) is 63.3 Å². The summed E-state index contributed by atoms with van der Waals surface area (Å²) in [5.41, 5.74) is 1.44. The highest BCUT2D eigenvalue weighted by Gasteiger charge is 2.29. The number of phenols is 1. The topological polar surface area (TPSA) is 245 Å². The molecule has 8 N–H and O–H groups in total. The number of carbonyl (C=O) groups is 2. The molecule has 342 valence electrons. The quantitative estimate of drug-likeness (QED) is 0.00612. The van der Waals surface area contributed by atoms with Gasteiger partial charge >= 0.3 is 11.9 Å². The smallest absolute Gasteiger partial charge is 0.313 e. The van der Waals surface area contributed by atoms with Crippen molar-refractivity contribution < 1.29 is 80.4 Å². The zero-order chi connectivity index (χ0) is 45.0. The largest absolute Gasteiger partial charge is 0.508 e. The highest BCUT2D eigenvalue weighted by molar-refractivity contribution is 7.80. The van der Waals surface area contributed by atoms with Crippen molar-refractivity contribution in [1.82, 2.24) is 5.32 Å². The number of thiocarbonyl (C=S) groups is 1. The van der Waals surface area contributed by atoms with Gasteiger partial charge in [-0.15, -0.1) is 0 Å². The predicted molar refractivity (Wildman–Crippen MR) is 214 cm³/mol. The summed E-state index contributed by atoms with van der Waals surface area (Å²) in [7, 11) is 0. The first-order valence-corrected chi connectivity index (χ1v) is 19.5. The number of phenolic OH excluding ortho intramolecular Hbond substituents is 1. The number of hydrogen-bond donors (Lipinski definition) is 7. The summed E-state index contributed by atoms with van der Waals surface area (Å²) in [6, 6.07) is 6.59. The fourth-order valence-corrected chi connectivity index (χ4v) is 5.11. The van der Waals surface area contributed by atoms with Crippen LogP contribution in [-0.2, 0) is 33.3 Å². The lowest BCUT2D eigenvalue weighted by molar-refractivity contribution is -0.142. The van der Waals surface area contributed by atoms with Gasteiger partial charge in [-0.1, -0.05) is 0 Å². The highest BCUT2D eigenvalue weighted by Crippen LogP contribution is 2.29. The van der Waals surface area contributed by atoms with Crippen LogP contribution in [0.1, 0.15) is 44.9 Å². The van der Waals surface area contributed by atoms with E-state index in [0.717, 1.165) is 18.5 Å². The predicted octanol–water partition coefficient (Wildman–Crippen LogP) is 3.35. The van der Waals surface area contributed by atoms with E-state index in [4.69, 9.17) is 52.0 Å². The first-order valence-electron chi connectivity index (χ1n) is 19.1. The standard InChI is InChI=1S/C30H38F5N5O7S.C8H14O5/c31-24-25(32)27(34)29(28(35)26(24)33)47-23(42)8-11-43-13-15-45-17-18-46-16-14-44-12-10-37-19-21(40-36)3-1-2-9-38-30(48)39-20-4-6-22(41)7-5-20;9-6-3-5(1-2-8(11)12)13-4-7(6)10/h4-7,19,41H,1-3,8-18,36H2,(H2,38,39,48);5-7,9-10H,1-4H2,(H,11,12)/b37-19?,40-21-;. The van der Waals surface area contributed by atoms with Crippen molar-refractivity contribution >= 4 is 46.9 Å². The molecule has 3 unspecified atom stereocenters. The third-order valence-corrected chi connectivity index (χ3v) is 8.37. The van der Waals surface area contributed by atoms with Gasteiger partial charge in [0.1, 0.15) is 11.9 Å². The molecule has 1 aliphatic heterocycles. The number of hydrazone groups is 1. The number of aliphatic hydroxyl groups is 2. The van der Waals surface area contributed by atoms with E-state index in [0.29, 0.717) is 69.6 Å². The van der Waals surface area contributed by atoms with Crippen LogP contribution >= 0.6 is 12.2 Å². The van der Waals surface area contributed by atoms with Crippen LogP contribution in [0.2, 0.25) is 0 Å². The molecule has 0 aromatic heterocycles. The number of nitrogens with one attached hydrogen (secondary N) is 2. The third kappa shape index (κ3) is 22.2. The molecule has 1 heterocycles. The average Bonchev–Trinajstić information content (AvgIpc) is 3.24. The lowest BCUT2D eigenvalue weighted by Crippen LogP contribution is -2.41. The number of carboxylic acid groups (broad SMARTS) is 1. The van der Waals surface area contributed by atoms with Crippen molar-refractivity contribution in [3.8, 4) is 11.5 Å². The van der Waals surface area contributed by atoms with Crippen molar-refractivity contribution in [2.24, 2.45) is 15.9 Å². The Balaban J connectivity index is 0.000000835. The molecule has 2 aromatic carbocycles. The van der Waals surface area contributed by atoms with Gasteiger partial charge in [0.15, 0.2) is 5.11 Å². The number of benzene rings is 2. The second-order valence-corrected chi connectivity index (χ2v) is 13.3. The Hall–Kier alpha value is -4.62. The molecule has 2 aromatic rings. The van der Waals surface area contributed by atoms with Gasteiger partial charge in [-0.05, 0) is 62.2 Å². The summed E-state index contributed by atoms with van der Waals surface area (Å²) in [6.07, 6.45) is 2.34. The van der Waals surface area contributed by atoms with Crippen LogP contribution in [-0.4, -0.2) is 140 Å². The lowest BCUT2D eigenvalue weighted by atomic mass is 10.0. The van der Waals surface area contributed by atoms with E-state index in [-0.39, 0.29) is 51.3 Å². The summed E-state index contributed by atoms with van der Waals surface area (Å²) >= 11 is 5.25. The molecule has 0 radical (unpaired) electrons. The molecule has 0 saturated carbocycles. The number of carbonyl (C=O) groups excluding carboxylic acids is 1. The average molecular weight is 898 g/mol. The van der Waals surface area contributed by atoms with Crippen LogP contribution in [0.25, 0.3) is 0 Å². The number of ether oxygens (including phenoxy) is 6. The van der Waals surface area contributed by atoms with E-state index < -0.39 is 65.4 Å². The summed E-state index contributed by atoms with van der Waals surface area (Å²) in [5.74, 6) is -9.41. The monoisotopic (exact) mass is 897 g/mol. The van der Waals surface area contributed by atoms with Gasteiger partial charge in [-0.3, -0.25) is 14.6 Å². The number of esters is 1. The molecule has 1 saturated heterocycles. The van der Waals surface area contributed by atoms with E-state index in [1.54, 1.807) is 30.5 Å². The number of aromatic hydroxyl groups is 1. The Labute approximate surface area is 354 Å². The van der Waals surface area contributed by atoms with Gasteiger partial charge in [0.05, 0.1) is 90.3 Å². The molecule has 61 heavy (non-hydrogen) atoms. The Morgan fingerprint density at radius 2 is 1.39 bits per heavy atom.